The SMILES string of the molecule is CCCCCCCCCCCCOC(=O)C=Cc1ccc(OC)c(OC)c1. The highest BCUT2D eigenvalue weighted by molar-refractivity contribution is 5.87. The second kappa shape index (κ2) is 15.1. The normalized spacial score (nSPS) is 10.9. The third kappa shape index (κ3) is 10.7. The van der Waals surface area contributed by atoms with Gasteiger partial charge in [-0.2, -0.15) is 0 Å². The van der Waals surface area contributed by atoms with Crippen molar-refractivity contribution in [3.63, 3.8) is 0 Å². The van der Waals surface area contributed by atoms with E-state index in [-0.39, 0.29) is 5.97 Å². The van der Waals surface area contributed by atoms with E-state index in [2.05, 4.69) is 6.92 Å². The van der Waals surface area contributed by atoms with Crippen LogP contribution in [0.15, 0.2) is 24.3 Å². The summed E-state index contributed by atoms with van der Waals surface area (Å²) in [6.45, 7) is 2.74. The van der Waals surface area contributed by atoms with Crippen LogP contribution in [0.4, 0.5) is 0 Å². The van der Waals surface area contributed by atoms with Gasteiger partial charge in [0.1, 0.15) is 0 Å². The monoisotopic (exact) mass is 376 g/mol. The molecule has 0 saturated heterocycles. The fraction of sp³-hybridized carbons (Fsp3) is 0.609. The molecule has 0 heterocycles. The largest absolute Gasteiger partial charge is 0.493 e. The van der Waals surface area contributed by atoms with Crippen LogP contribution in [0.1, 0.15) is 76.7 Å². The summed E-state index contributed by atoms with van der Waals surface area (Å²) in [6.07, 6.45) is 15.9. The maximum atomic E-state index is 11.8. The first-order chi connectivity index (χ1) is 13.2. The Labute approximate surface area is 164 Å². The molecule has 0 aliphatic heterocycles. The van der Waals surface area contributed by atoms with Gasteiger partial charge in [0.25, 0.3) is 0 Å². The van der Waals surface area contributed by atoms with Gasteiger partial charge in [0, 0.05) is 6.08 Å². The Hall–Kier alpha value is -1.97. The maximum absolute atomic E-state index is 11.8. The van der Waals surface area contributed by atoms with Gasteiger partial charge >= 0.3 is 5.97 Å². The predicted molar refractivity (Wildman–Crippen MR) is 111 cm³/mol. The minimum atomic E-state index is -0.305. The van der Waals surface area contributed by atoms with Gasteiger partial charge in [-0.25, -0.2) is 4.79 Å². The Kier molecular flexibility index (Phi) is 12.9. The number of hydrogen-bond donors (Lipinski definition) is 0. The molecule has 0 bridgehead atoms. The molecule has 0 spiro atoms. The summed E-state index contributed by atoms with van der Waals surface area (Å²) in [5, 5.41) is 0. The summed E-state index contributed by atoms with van der Waals surface area (Å²) in [5.41, 5.74) is 0.864. The van der Waals surface area contributed by atoms with Crippen LogP contribution in [0.2, 0.25) is 0 Å². The molecule has 0 fully saturated rings. The topological polar surface area (TPSA) is 44.8 Å². The lowest BCUT2D eigenvalue weighted by Gasteiger charge is -2.07. The standard InChI is InChI=1S/C23H36O4/c1-4-5-6-7-8-9-10-11-12-13-18-27-23(24)17-15-20-14-16-21(25-2)22(19-20)26-3/h14-17,19H,4-13,18H2,1-3H3. The van der Waals surface area contributed by atoms with Gasteiger partial charge in [-0.15, -0.1) is 0 Å². The lowest BCUT2D eigenvalue weighted by molar-refractivity contribution is -0.137. The molecule has 1 rings (SSSR count). The molecule has 4 nitrogen and oxygen atoms in total. The lowest BCUT2D eigenvalue weighted by atomic mass is 10.1. The van der Waals surface area contributed by atoms with Crippen molar-refractivity contribution in [2.24, 2.45) is 0 Å². The average Bonchev–Trinajstić information content (AvgIpc) is 2.70. The van der Waals surface area contributed by atoms with Crippen molar-refractivity contribution in [2.75, 3.05) is 20.8 Å². The van der Waals surface area contributed by atoms with Crippen molar-refractivity contribution in [3.8, 4) is 11.5 Å². The molecule has 0 unspecified atom stereocenters. The smallest absolute Gasteiger partial charge is 0.330 e. The van der Waals surface area contributed by atoms with Crippen LogP contribution in [0.25, 0.3) is 6.08 Å². The fourth-order valence-corrected chi connectivity index (χ4v) is 2.93. The fourth-order valence-electron chi connectivity index (χ4n) is 2.93. The van der Waals surface area contributed by atoms with Crippen molar-refractivity contribution < 1.29 is 19.0 Å². The predicted octanol–water partition coefficient (Wildman–Crippen LogP) is 6.18. The van der Waals surface area contributed by atoms with E-state index in [1.54, 1.807) is 20.3 Å². The molecule has 0 radical (unpaired) electrons. The quantitative estimate of drug-likeness (QED) is 0.208. The van der Waals surface area contributed by atoms with Crippen LogP contribution in [-0.4, -0.2) is 26.8 Å². The van der Waals surface area contributed by atoms with Gasteiger partial charge in [-0.1, -0.05) is 70.8 Å². The van der Waals surface area contributed by atoms with Gasteiger partial charge in [-0.05, 0) is 30.2 Å². The van der Waals surface area contributed by atoms with Crippen LogP contribution in [-0.2, 0) is 9.53 Å². The van der Waals surface area contributed by atoms with E-state index in [9.17, 15) is 4.79 Å². The van der Waals surface area contributed by atoms with Crippen molar-refractivity contribution in [2.45, 2.75) is 71.1 Å². The van der Waals surface area contributed by atoms with E-state index >= 15 is 0 Å². The first-order valence-electron chi connectivity index (χ1n) is 10.3. The van der Waals surface area contributed by atoms with Gasteiger partial charge in [0.15, 0.2) is 11.5 Å². The summed E-state index contributed by atoms with van der Waals surface area (Å²) in [6, 6.07) is 5.51. The Morgan fingerprint density at radius 1 is 0.852 bits per heavy atom. The molecular weight excluding hydrogens is 340 g/mol. The van der Waals surface area contributed by atoms with E-state index in [4.69, 9.17) is 14.2 Å². The Morgan fingerprint density at radius 3 is 2.04 bits per heavy atom. The molecule has 0 aliphatic carbocycles. The first-order valence-corrected chi connectivity index (χ1v) is 10.3. The second-order valence-electron chi connectivity index (χ2n) is 6.80. The number of carbonyl (C=O) groups excluding carboxylic acids is 1. The molecule has 0 N–H and O–H groups in total. The molecule has 0 saturated carbocycles. The zero-order valence-electron chi connectivity index (χ0n) is 17.3. The molecule has 0 aromatic heterocycles. The zero-order valence-corrected chi connectivity index (χ0v) is 17.3. The highest BCUT2D eigenvalue weighted by Crippen LogP contribution is 2.27. The summed E-state index contributed by atoms with van der Waals surface area (Å²) in [4.78, 5) is 11.8. The summed E-state index contributed by atoms with van der Waals surface area (Å²) >= 11 is 0. The first kappa shape index (κ1) is 23.1. The Morgan fingerprint density at radius 2 is 1.44 bits per heavy atom. The maximum Gasteiger partial charge on any atom is 0.330 e. The number of methoxy groups -OCH3 is 2. The lowest BCUT2D eigenvalue weighted by Crippen LogP contribution is -2.02. The number of hydrogen-bond acceptors (Lipinski definition) is 4. The summed E-state index contributed by atoms with van der Waals surface area (Å²) in [7, 11) is 3.18. The number of benzene rings is 1. The molecule has 0 amide bonds. The minimum Gasteiger partial charge on any atom is -0.493 e. The van der Waals surface area contributed by atoms with Crippen LogP contribution in [0.5, 0.6) is 11.5 Å². The highest BCUT2D eigenvalue weighted by atomic mass is 16.5. The molecule has 27 heavy (non-hydrogen) atoms. The molecule has 0 aliphatic rings. The summed E-state index contributed by atoms with van der Waals surface area (Å²) < 4.78 is 15.7. The number of rotatable bonds is 15. The number of unbranched alkanes of at least 4 members (excludes halogenated alkanes) is 9. The molecule has 1 aromatic rings. The van der Waals surface area contributed by atoms with E-state index in [0.29, 0.717) is 18.1 Å². The van der Waals surface area contributed by atoms with Gasteiger partial charge in [-0.3, -0.25) is 0 Å². The molecule has 1 aromatic carbocycles. The summed E-state index contributed by atoms with van der Waals surface area (Å²) in [5.74, 6) is 0.997. The van der Waals surface area contributed by atoms with Gasteiger partial charge in [0.05, 0.1) is 20.8 Å². The van der Waals surface area contributed by atoms with Crippen molar-refractivity contribution in [1.29, 1.82) is 0 Å². The highest BCUT2D eigenvalue weighted by Gasteiger charge is 2.03. The minimum absolute atomic E-state index is 0.305. The van der Waals surface area contributed by atoms with E-state index in [0.717, 1.165) is 18.4 Å². The van der Waals surface area contributed by atoms with Crippen molar-refractivity contribution in [3.05, 3.63) is 29.8 Å². The third-order valence-corrected chi connectivity index (χ3v) is 4.56. The van der Waals surface area contributed by atoms with Crippen LogP contribution in [0, 0.1) is 0 Å². The Bertz CT molecular complexity index is 551. The number of esters is 1. The molecular formula is C23H36O4. The van der Waals surface area contributed by atoms with E-state index in [1.165, 1.54) is 57.4 Å². The van der Waals surface area contributed by atoms with Gasteiger partial charge < -0.3 is 14.2 Å². The van der Waals surface area contributed by atoms with Crippen LogP contribution < -0.4 is 9.47 Å². The Balaban J connectivity index is 2.11. The zero-order chi connectivity index (χ0) is 19.7. The number of carbonyl (C=O) groups is 1. The molecule has 152 valence electrons. The third-order valence-electron chi connectivity index (χ3n) is 4.56. The van der Waals surface area contributed by atoms with Gasteiger partial charge in [0.2, 0.25) is 0 Å². The average molecular weight is 377 g/mol. The van der Waals surface area contributed by atoms with Crippen molar-refractivity contribution in [1.82, 2.24) is 0 Å². The molecule has 4 heteroatoms. The van der Waals surface area contributed by atoms with Crippen molar-refractivity contribution >= 4 is 12.0 Å². The molecule has 0 atom stereocenters. The van der Waals surface area contributed by atoms with E-state index < -0.39 is 0 Å². The second-order valence-corrected chi connectivity index (χ2v) is 6.80. The van der Waals surface area contributed by atoms with E-state index in [1.807, 2.05) is 18.2 Å². The number of ether oxygens (including phenoxy) is 3. The van der Waals surface area contributed by atoms with Crippen LogP contribution >= 0.6 is 0 Å². The van der Waals surface area contributed by atoms with Crippen LogP contribution in [0.3, 0.4) is 0 Å².